The maximum atomic E-state index is 2.59. The lowest BCUT2D eigenvalue weighted by molar-refractivity contribution is 0.332. The summed E-state index contributed by atoms with van der Waals surface area (Å²) >= 11 is 1.87. The monoisotopic (exact) mass is 911 g/mol. The van der Waals surface area contributed by atoms with Crippen LogP contribution in [0.4, 0.5) is 33.4 Å². The molecule has 68 heavy (non-hydrogen) atoms. The summed E-state index contributed by atoms with van der Waals surface area (Å²) in [5.41, 5.74) is 19.4. The lowest BCUT2D eigenvalue weighted by Gasteiger charge is -2.43. The minimum absolute atomic E-state index is 0.0606. The second-order valence-electron chi connectivity index (χ2n) is 23.7. The van der Waals surface area contributed by atoms with Crippen LogP contribution in [0.15, 0.2) is 158 Å². The lowest BCUT2D eigenvalue weighted by atomic mass is 9.63. The fourth-order valence-electron chi connectivity index (χ4n) is 11.3. The van der Waals surface area contributed by atoms with Crippen LogP contribution in [0.25, 0.3) is 32.3 Å². The molecular formula is C65H70N2S. The van der Waals surface area contributed by atoms with Gasteiger partial charge in [0.2, 0.25) is 0 Å². The largest absolute Gasteiger partial charge is 0.310 e. The number of aryl methyl sites for hydroxylation is 1. The van der Waals surface area contributed by atoms with E-state index in [1.165, 1.54) is 113 Å². The van der Waals surface area contributed by atoms with Gasteiger partial charge < -0.3 is 9.80 Å². The summed E-state index contributed by atoms with van der Waals surface area (Å²) in [7, 11) is 0. The molecule has 7 aromatic carbocycles. The number of hydrogen-bond acceptors (Lipinski definition) is 3. The van der Waals surface area contributed by atoms with Crippen molar-refractivity contribution in [1.29, 1.82) is 0 Å². The van der Waals surface area contributed by atoms with Crippen molar-refractivity contribution in [3.63, 3.8) is 0 Å². The molecule has 3 heteroatoms. The van der Waals surface area contributed by atoms with Crippen LogP contribution in [-0.4, -0.2) is 0 Å². The van der Waals surface area contributed by atoms with Gasteiger partial charge >= 0.3 is 0 Å². The highest BCUT2D eigenvalue weighted by Crippen LogP contribution is 2.54. The Morgan fingerprint density at radius 2 is 0.868 bits per heavy atom. The van der Waals surface area contributed by atoms with Crippen LogP contribution >= 0.6 is 11.3 Å². The third-order valence-electron chi connectivity index (χ3n) is 15.8. The first-order valence-corrected chi connectivity index (χ1v) is 25.8. The molecule has 0 bridgehead atoms. The van der Waals surface area contributed by atoms with Crippen molar-refractivity contribution < 1.29 is 0 Å². The van der Waals surface area contributed by atoms with Gasteiger partial charge in [-0.2, -0.15) is 0 Å². The van der Waals surface area contributed by atoms with Crippen LogP contribution in [0.3, 0.4) is 0 Å². The van der Waals surface area contributed by atoms with Crippen molar-refractivity contribution in [3.8, 4) is 22.3 Å². The number of thiophene rings is 1. The predicted octanol–water partition coefficient (Wildman–Crippen LogP) is 19.5. The van der Waals surface area contributed by atoms with E-state index in [1.54, 1.807) is 0 Å². The van der Waals surface area contributed by atoms with Gasteiger partial charge in [0.05, 0.1) is 5.69 Å². The Balaban J connectivity index is 1.28. The zero-order chi connectivity index (χ0) is 48.0. The highest BCUT2D eigenvalue weighted by atomic mass is 32.1. The van der Waals surface area contributed by atoms with Crippen LogP contribution in [0.5, 0.6) is 0 Å². The minimum atomic E-state index is -0.0810. The molecule has 8 aromatic rings. The molecule has 346 valence electrons. The number of benzene rings is 7. The van der Waals surface area contributed by atoms with Crippen molar-refractivity contribution in [3.05, 3.63) is 191 Å². The molecule has 0 radical (unpaired) electrons. The average Bonchev–Trinajstić information content (AvgIpc) is 3.74. The van der Waals surface area contributed by atoms with Gasteiger partial charge in [-0.1, -0.05) is 167 Å². The topological polar surface area (TPSA) is 6.48 Å². The third kappa shape index (κ3) is 8.29. The Morgan fingerprint density at radius 1 is 0.426 bits per heavy atom. The Morgan fingerprint density at radius 3 is 1.34 bits per heavy atom. The van der Waals surface area contributed by atoms with E-state index < -0.39 is 0 Å². The van der Waals surface area contributed by atoms with Crippen LogP contribution < -0.4 is 9.80 Å². The van der Waals surface area contributed by atoms with Crippen LogP contribution in [0.1, 0.15) is 135 Å². The average molecular weight is 911 g/mol. The van der Waals surface area contributed by atoms with Gasteiger partial charge in [-0.05, 0) is 176 Å². The number of anilines is 6. The first kappa shape index (κ1) is 45.9. The molecule has 0 atom stereocenters. The van der Waals surface area contributed by atoms with Crippen LogP contribution in [0.2, 0.25) is 0 Å². The van der Waals surface area contributed by atoms with E-state index in [0.29, 0.717) is 0 Å². The van der Waals surface area contributed by atoms with E-state index in [9.17, 15) is 0 Å². The van der Waals surface area contributed by atoms with Crippen molar-refractivity contribution in [2.24, 2.45) is 0 Å². The van der Waals surface area contributed by atoms with Crippen molar-refractivity contribution in [2.45, 2.75) is 136 Å². The molecule has 0 fully saturated rings. The zero-order valence-corrected chi connectivity index (χ0v) is 43.5. The molecule has 0 saturated heterocycles. The van der Waals surface area contributed by atoms with Crippen LogP contribution in [-0.2, 0) is 27.1 Å². The molecule has 1 aromatic heterocycles. The molecule has 0 spiro atoms. The minimum Gasteiger partial charge on any atom is -0.310 e. The highest BCUT2D eigenvalue weighted by Gasteiger charge is 2.40. The molecule has 2 nitrogen and oxygen atoms in total. The molecule has 1 heterocycles. The smallest absolute Gasteiger partial charge is 0.101 e. The van der Waals surface area contributed by atoms with Crippen molar-refractivity contribution in [2.75, 3.05) is 9.80 Å². The van der Waals surface area contributed by atoms with Gasteiger partial charge in [-0.25, -0.2) is 0 Å². The molecule has 10 rings (SSSR count). The second kappa shape index (κ2) is 16.7. The van der Waals surface area contributed by atoms with Gasteiger partial charge in [-0.15, -0.1) is 11.3 Å². The highest BCUT2D eigenvalue weighted by molar-refractivity contribution is 7.23. The van der Waals surface area contributed by atoms with E-state index in [0.717, 1.165) is 11.4 Å². The Hall–Kier alpha value is -5.90. The van der Waals surface area contributed by atoms with Gasteiger partial charge in [-0.3, -0.25) is 0 Å². The standard InChI is InChI=1S/C65H70N2S/c1-43-35-50(66(48-27-29-54-56(41-48)64(9,10)33-31-62(54,5)6)49-28-30-55-57(42-49)65(11,12)34-32-63(55,7)8)40-51(36-43)67(59-37-46-25-19-20-26-58(46)68-59)60-52(44-21-15-13-16-22-44)38-47(61(2,3)4)39-53(60)45-23-17-14-18-24-45/h13-30,35-42H,31-34H2,1-12H3. The molecule has 2 aliphatic rings. The summed E-state index contributed by atoms with van der Waals surface area (Å²) < 4.78 is 1.27. The number of rotatable bonds is 8. The summed E-state index contributed by atoms with van der Waals surface area (Å²) in [5, 5.41) is 2.43. The summed E-state index contributed by atoms with van der Waals surface area (Å²) in [4.78, 5) is 5.17. The first-order chi connectivity index (χ1) is 32.2. The quantitative estimate of drug-likeness (QED) is 0.150. The Bertz CT molecular complexity index is 3000. The normalized spacial score (nSPS) is 16.8. The van der Waals surface area contributed by atoms with Crippen molar-refractivity contribution >= 4 is 54.9 Å². The maximum absolute atomic E-state index is 2.59. The Labute approximate surface area is 411 Å². The predicted molar refractivity (Wildman–Crippen MR) is 296 cm³/mol. The van der Waals surface area contributed by atoms with E-state index >= 15 is 0 Å². The molecular weight excluding hydrogens is 841 g/mol. The SMILES string of the molecule is Cc1cc(N(c2ccc3c(c2)C(C)(C)CCC3(C)C)c2ccc3c(c2)C(C)(C)CCC3(C)C)cc(N(c2cc3ccccc3s2)c2c(-c3ccccc3)cc(C(C)(C)C)cc2-c2ccccc2)c1. The number of fused-ring (bicyclic) bond motifs is 3. The van der Waals surface area contributed by atoms with Gasteiger partial charge in [0.1, 0.15) is 5.00 Å². The molecule has 0 saturated carbocycles. The number of nitrogens with zero attached hydrogens (tertiary/aromatic N) is 2. The zero-order valence-electron chi connectivity index (χ0n) is 42.6. The fourth-order valence-corrected chi connectivity index (χ4v) is 12.4. The van der Waals surface area contributed by atoms with E-state index in [1.807, 2.05) is 11.3 Å². The third-order valence-corrected chi connectivity index (χ3v) is 16.9. The van der Waals surface area contributed by atoms with Crippen LogP contribution in [0, 0.1) is 6.92 Å². The molecule has 0 aliphatic heterocycles. The van der Waals surface area contributed by atoms with Gasteiger partial charge in [0.25, 0.3) is 0 Å². The Kier molecular flexibility index (Phi) is 11.2. The van der Waals surface area contributed by atoms with E-state index in [-0.39, 0.29) is 27.1 Å². The van der Waals surface area contributed by atoms with Crippen molar-refractivity contribution in [1.82, 2.24) is 0 Å². The number of hydrogen-bond donors (Lipinski definition) is 0. The molecule has 2 aliphatic carbocycles. The maximum Gasteiger partial charge on any atom is 0.101 e. The van der Waals surface area contributed by atoms with Gasteiger partial charge in [0.15, 0.2) is 0 Å². The summed E-state index contributed by atoms with van der Waals surface area (Å²) in [6, 6.07) is 60.4. The lowest BCUT2D eigenvalue weighted by Crippen LogP contribution is -2.34. The summed E-state index contributed by atoms with van der Waals surface area (Å²) in [5.74, 6) is 0. The molecule has 0 unspecified atom stereocenters. The van der Waals surface area contributed by atoms with Gasteiger partial charge in [0, 0.05) is 38.6 Å². The van der Waals surface area contributed by atoms with E-state index in [2.05, 4.69) is 251 Å². The van der Waals surface area contributed by atoms with E-state index in [4.69, 9.17) is 0 Å². The second-order valence-corrected chi connectivity index (χ2v) is 24.8. The molecule has 0 amide bonds. The first-order valence-electron chi connectivity index (χ1n) is 25.0. The molecule has 0 N–H and O–H groups in total. The summed E-state index contributed by atoms with van der Waals surface area (Å²) in [6.45, 7) is 28.8. The summed E-state index contributed by atoms with van der Waals surface area (Å²) in [6.07, 6.45) is 4.71. The fraction of sp³-hybridized carbons (Fsp3) is 0.323.